The maximum Gasteiger partial charge on any atom is 0.241 e. The molecule has 1 saturated heterocycles. The second kappa shape index (κ2) is 9.96. The molecular weight excluding hydrogens is 378 g/mol. The Balaban J connectivity index is 1.56. The lowest BCUT2D eigenvalue weighted by atomic mass is 10.1. The van der Waals surface area contributed by atoms with Gasteiger partial charge in [-0.3, -0.25) is 14.6 Å². The van der Waals surface area contributed by atoms with E-state index in [9.17, 15) is 4.79 Å². The minimum atomic E-state index is -0.158. The zero-order valence-corrected chi connectivity index (χ0v) is 18.7. The summed E-state index contributed by atoms with van der Waals surface area (Å²) in [5.41, 5.74) is 4.40. The summed E-state index contributed by atoms with van der Waals surface area (Å²) in [5, 5.41) is 3.07. The van der Waals surface area contributed by atoms with Gasteiger partial charge in [-0.1, -0.05) is 18.2 Å². The first-order chi connectivity index (χ1) is 14.4. The number of ether oxygens (including phenoxy) is 2. The lowest BCUT2D eigenvalue weighted by Gasteiger charge is -2.37. The SMILES string of the molecule is COc1cc(C)c(CN2CCN([C@H](C)C(=O)Nc3ccccc3C)CC2)cc1OC. The van der Waals surface area contributed by atoms with Crippen LogP contribution in [0.25, 0.3) is 0 Å². The zero-order chi connectivity index (χ0) is 21.7. The van der Waals surface area contributed by atoms with E-state index in [0.29, 0.717) is 0 Å². The van der Waals surface area contributed by atoms with Crippen LogP contribution in [0.15, 0.2) is 36.4 Å². The van der Waals surface area contributed by atoms with Gasteiger partial charge in [0.15, 0.2) is 11.5 Å². The lowest BCUT2D eigenvalue weighted by molar-refractivity contribution is -0.121. The van der Waals surface area contributed by atoms with Crippen molar-refractivity contribution in [1.29, 1.82) is 0 Å². The number of amides is 1. The van der Waals surface area contributed by atoms with Crippen molar-refractivity contribution in [1.82, 2.24) is 9.80 Å². The third kappa shape index (κ3) is 5.12. The standard InChI is InChI=1S/C24H33N3O3/c1-17-8-6-7-9-21(17)25-24(28)19(3)27-12-10-26(11-13-27)16-20-15-23(30-5)22(29-4)14-18(20)2/h6-9,14-15,19H,10-13,16H2,1-5H3,(H,25,28)/t19-/m1/s1. The molecular formula is C24H33N3O3. The van der Waals surface area contributed by atoms with Gasteiger partial charge in [0.25, 0.3) is 0 Å². The summed E-state index contributed by atoms with van der Waals surface area (Å²) < 4.78 is 10.8. The Hall–Kier alpha value is -2.57. The molecule has 0 radical (unpaired) electrons. The molecule has 2 aromatic rings. The molecule has 0 unspecified atom stereocenters. The number of hydrogen-bond donors (Lipinski definition) is 1. The van der Waals surface area contributed by atoms with E-state index in [4.69, 9.17) is 9.47 Å². The molecule has 0 aromatic heterocycles. The Morgan fingerprint density at radius 3 is 2.27 bits per heavy atom. The largest absolute Gasteiger partial charge is 0.493 e. The molecule has 0 spiro atoms. The second-order valence-electron chi connectivity index (χ2n) is 7.93. The third-order valence-corrected chi connectivity index (χ3v) is 5.97. The first-order valence-corrected chi connectivity index (χ1v) is 10.5. The molecule has 0 bridgehead atoms. The van der Waals surface area contributed by atoms with Crippen molar-refractivity contribution in [3.8, 4) is 11.5 Å². The quantitative estimate of drug-likeness (QED) is 0.756. The number of hydrogen-bond acceptors (Lipinski definition) is 5. The van der Waals surface area contributed by atoms with Gasteiger partial charge in [-0.15, -0.1) is 0 Å². The van der Waals surface area contributed by atoms with Crippen LogP contribution in [0.2, 0.25) is 0 Å². The average molecular weight is 412 g/mol. The molecule has 1 atom stereocenters. The van der Waals surface area contributed by atoms with Crippen LogP contribution in [0.1, 0.15) is 23.6 Å². The van der Waals surface area contributed by atoms with Crippen LogP contribution >= 0.6 is 0 Å². The number of nitrogens with one attached hydrogen (secondary N) is 1. The molecule has 6 heteroatoms. The van der Waals surface area contributed by atoms with Crippen LogP contribution < -0.4 is 14.8 Å². The molecule has 1 heterocycles. The Labute approximate surface area is 179 Å². The molecule has 0 aliphatic carbocycles. The summed E-state index contributed by atoms with van der Waals surface area (Å²) in [7, 11) is 3.33. The second-order valence-corrected chi connectivity index (χ2v) is 7.93. The van der Waals surface area contributed by atoms with Gasteiger partial charge in [-0.2, -0.15) is 0 Å². The number of carbonyl (C=O) groups is 1. The third-order valence-electron chi connectivity index (χ3n) is 5.97. The Morgan fingerprint density at radius 2 is 1.63 bits per heavy atom. The van der Waals surface area contributed by atoms with E-state index in [0.717, 1.165) is 55.5 Å². The Morgan fingerprint density at radius 1 is 1.00 bits per heavy atom. The predicted molar refractivity (Wildman–Crippen MR) is 120 cm³/mol. The van der Waals surface area contributed by atoms with Crippen molar-refractivity contribution in [2.24, 2.45) is 0 Å². The highest BCUT2D eigenvalue weighted by atomic mass is 16.5. The number of anilines is 1. The van der Waals surface area contributed by atoms with Gasteiger partial charge in [-0.05, 0) is 55.7 Å². The van der Waals surface area contributed by atoms with Crippen LogP contribution in [0.5, 0.6) is 11.5 Å². The molecule has 1 aliphatic heterocycles. The maximum atomic E-state index is 12.7. The van der Waals surface area contributed by atoms with Gasteiger partial charge in [0, 0.05) is 38.4 Å². The minimum Gasteiger partial charge on any atom is -0.493 e. The van der Waals surface area contributed by atoms with Gasteiger partial charge in [-0.25, -0.2) is 0 Å². The van der Waals surface area contributed by atoms with E-state index in [1.807, 2.05) is 44.2 Å². The molecule has 1 aliphatic rings. The van der Waals surface area contributed by atoms with Crippen molar-refractivity contribution >= 4 is 11.6 Å². The summed E-state index contributed by atoms with van der Waals surface area (Å²) in [6, 6.07) is 11.8. The Kier molecular flexibility index (Phi) is 7.34. The van der Waals surface area contributed by atoms with Gasteiger partial charge < -0.3 is 14.8 Å². The van der Waals surface area contributed by atoms with Crippen LogP contribution in [-0.4, -0.2) is 62.1 Å². The molecule has 1 amide bonds. The summed E-state index contributed by atoms with van der Waals surface area (Å²) in [5.74, 6) is 1.57. The molecule has 1 fully saturated rings. The number of rotatable bonds is 7. The van der Waals surface area contributed by atoms with E-state index in [1.54, 1.807) is 14.2 Å². The Bertz CT molecular complexity index is 876. The van der Waals surface area contributed by atoms with Crippen LogP contribution in [-0.2, 0) is 11.3 Å². The van der Waals surface area contributed by atoms with Crippen LogP contribution in [0.4, 0.5) is 5.69 Å². The topological polar surface area (TPSA) is 54.0 Å². The van der Waals surface area contributed by atoms with Gasteiger partial charge in [0.2, 0.25) is 5.91 Å². The fourth-order valence-electron chi connectivity index (χ4n) is 3.86. The number of aryl methyl sites for hydroxylation is 2. The number of carbonyl (C=O) groups excluding carboxylic acids is 1. The molecule has 30 heavy (non-hydrogen) atoms. The van der Waals surface area contributed by atoms with E-state index >= 15 is 0 Å². The summed E-state index contributed by atoms with van der Waals surface area (Å²) in [4.78, 5) is 17.4. The van der Waals surface area contributed by atoms with Crippen molar-refractivity contribution in [3.63, 3.8) is 0 Å². The molecule has 3 rings (SSSR count). The maximum absolute atomic E-state index is 12.7. The van der Waals surface area contributed by atoms with Gasteiger partial charge in [0.05, 0.1) is 20.3 Å². The highest BCUT2D eigenvalue weighted by molar-refractivity contribution is 5.95. The molecule has 1 N–H and O–H groups in total. The number of benzene rings is 2. The van der Waals surface area contributed by atoms with E-state index in [-0.39, 0.29) is 11.9 Å². The summed E-state index contributed by atoms with van der Waals surface area (Å²) in [6.07, 6.45) is 0. The van der Waals surface area contributed by atoms with Gasteiger partial charge >= 0.3 is 0 Å². The summed E-state index contributed by atoms with van der Waals surface area (Å²) >= 11 is 0. The normalized spacial score (nSPS) is 16.2. The lowest BCUT2D eigenvalue weighted by Crippen LogP contribution is -2.52. The van der Waals surface area contributed by atoms with Gasteiger partial charge in [0.1, 0.15) is 0 Å². The monoisotopic (exact) mass is 411 g/mol. The average Bonchev–Trinajstić information content (AvgIpc) is 2.76. The minimum absolute atomic E-state index is 0.0495. The summed E-state index contributed by atoms with van der Waals surface area (Å²) in [6.45, 7) is 10.6. The molecule has 0 saturated carbocycles. The molecule has 162 valence electrons. The number of para-hydroxylation sites is 1. The van der Waals surface area contributed by atoms with Crippen LogP contribution in [0, 0.1) is 13.8 Å². The number of nitrogens with zero attached hydrogens (tertiary/aromatic N) is 2. The molecule has 6 nitrogen and oxygen atoms in total. The fraction of sp³-hybridized carbons (Fsp3) is 0.458. The highest BCUT2D eigenvalue weighted by Crippen LogP contribution is 2.31. The van der Waals surface area contributed by atoms with Crippen molar-refractivity contribution in [2.45, 2.75) is 33.4 Å². The highest BCUT2D eigenvalue weighted by Gasteiger charge is 2.26. The number of methoxy groups -OCH3 is 2. The smallest absolute Gasteiger partial charge is 0.241 e. The van der Waals surface area contributed by atoms with Crippen molar-refractivity contribution in [2.75, 3.05) is 45.7 Å². The van der Waals surface area contributed by atoms with E-state index < -0.39 is 0 Å². The molecule has 2 aromatic carbocycles. The van der Waals surface area contributed by atoms with Crippen molar-refractivity contribution < 1.29 is 14.3 Å². The van der Waals surface area contributed by atoms with Crippen LogP contribution in [0.3, 0.4) is 0 Å². The van der Waals surface area contributed by atoms with Crippen molar-refractivity contribution in [3.05, 3.63) is 53.1 Å². The fourth-order valence-corrected chi connectivity index (χ4v) is 3.86. The zero-order valence-electron chi connectivity index (χ0n) is 18.7. The van der Waals surface area contributed by atoms with E-state index in [1.165, 1.54) is 11.1 Å². The first-order valence-electron chi connectivity index (χ1n) is 10.5. The predicted octanol–water partition coefficient (Wildman–Crippen LogP) is 3.47. The van der Waals surface area contributed by atoms with E-state index in [2.05, 4.69) is 28.1 Å². The number of piperazine rings is 1. The first kappa shape index (κ1) is 22.1.